The largest absolute Gasteiger partial charge is 0.397 e. The van der Waals surface area contributed by atoms with Crippen molar-refractivity contribution in [3.8, 4) is 0 Å². The standard InChI is InChI=1S/C7H5F2IN2O/c8-7(9)6-5(10)3(2-13)4(11)1-12-6/h1-2,7H,11H2. The van der Waals surface area contributed by atoms with Gasteiger partial charge in [0.15, 0.2) is 6.29 Å². The fourth-order valence-electron chi connectivity index (χ4n) is 0.802. The highest BCUT2D eigenvalue weighted by atomic mass is 127. The summed E-state index contributed by atoms with van der Waals surface area (Å²) in [6, 6.07) is 0. The van der Waals surface area contributed by atoms with E-state index in [1.165, 1.54) is 0 Å². The highest BCUT2D eigenvalue weighted by Crippen LogP contribution is 2.26. The van der Waals surface area contributed by atoms with Crippen molar-refractivity contribution in [2.24, 2.45) is 0 Å². The van der Waals surface area contributed by atoms with Crippen LogP contribution in [0.1, 0.15) is 22.5 Å². The van der Waals surface area contributed by atoms with Gasteiger partial charge in [-0.15, -0.1) is 0 Å². The Balaban J connectivity index is 3.35. The number of alkyl halides is 2. The lowest BCUT2D eigenvalue weighted by molar-refractivity contribution is 0.112. The lowest BCUT2D eigenvalue weighted by Gasteiger charge is -2.05. The van der Waals surface area contributed by atoms with Crippen molar-refractivity contribution >= 4 is 34.6 Å². The van der Waals surface area contributed by atoms with Gasteiger partial charge in [-0.2, -0.15) is 0 Å². The van der Waals surface area contributed by atoms with Crippen LogP contribution in [0.3, 0.4) is 0 Å². The first-order chi connectivity index (χ1) is 6.07. The number of aldehydes is 1. The third-order valence-electron chi connectivity index (χ3n) is 1.44. The number of carbonyl (C=O) groups excluding carboxylic acids is 1. The Morgan fingerprint density at radius 3 is 2.69 bits per heavy atom. The molecule has 0 unspecified atom stereocenters. The van der Waals surface area contributed by atoms with Crippen LogP contribution >= 0.6 is 22.6 Å². The van der Waals surface area contributed by atoms with Crippen LogP contribution in [0.4, 0.5) is 14.5 Å². The van der Waals surface area contributed by atoms with E-state index in [1.807, 2.05) is 0 Å². The van der Waals surface area contributed by atoms with E-state index in [2.05, 4.69) is 4.98 Å². The fraction of sp³-hybridized carbons (Fsp3) is 0.143. The minimum Gasteiger partial charge on any atom is -0.397 e. The highest BCUT2D eigenvalue weighted by Gasteiger charge is 2.17. The van der Waals surface area contributed by atoms with Crippen LogP contribution in [-0.4, -0.2) is 11.3 Å². The van der Waals surface area contributed by atoms with Gasteiger partial charge in [0.1, 0.15) is 5.69 Å². The number of pyridine rings is 1. The molecular formula is C7H5F2IN2O. The van der Waals surface area contributed by atoms with Gasteiger partial charge in [-0.25, -0.2) is 8.78 Å². The fourth-order valence-corrected chi connectivity index (χ4v) is 1.62. The molecule has 1 rings (SSSR count). The summed E-state index contributed by atoms with van der Waals surface area (Å²) < 4.78 is 24.6. The van der Waals surface area contributed by atoms with Crippen LogP contribution < -0.4 is 5.73 Å². The maximum absolute atomic E-state index is 12.3. The highest BCUT2D eigenvalue weighted by molar-refractivity contribution is 14.1. The molecule has 0 spiro atoms. The second-order valence-electron chi connectivity index (χ2n) is 2.24. The molecule has 0 radical (unpaired) electrons. The Morgan fingerprint density at radius 2 is 2.23 bits per heavy atom. The molecule has 2 N–H and O–H groups in total. The third-order valence-corrected chi connectivity index (χ3v) is 2.57. The molecule has 0 amide bonds. The SMILES string of the molecule is Nc1cnc(C(F)F)c(I)c1C=O. The lowest BCUT2D eigenvalue weighted by Crippen LogP contribution is -2.03. The van der Waals surface area contributed by atoms with Gasteiger partial charge in [0.05, 0.1) is 21.0 Å². The molecule has 1 aromatic rings. The van der Waals surface area contributed by atoms with E-state index in [4.69, 9.17) is 5.73 Å². The first kappa shape index (κ1) is 10.3. The molecule has 0 fully saturated rings. The zero-order valence-electron chi connectivity index (χ0n) is 6.30. The van der Waals surface area contributed by atoms with E-state index in [-0.39, 0.29) is 14.8 Å². The van der Waals surface area contributed by atoms with Crippen molar-refractivity contribution in [1.82, 2.24) is 4.98 Å². The number of nitrogen functional groups attached to an aromatic ring is 1. The summed E-state index contributed by atoms with van der Waals surface area (Å²) in [4.78, 5) is 13.9. The number of nitrogens with zero attached hydrogens (tertiary/aromatic N) is 1. The van der Waals surface area contributed by atoms with Gasteiger partial charge in [0, 0.05) is 0 Å². The summed E-state index contributed by atoms with van der Waals surface area (Å²) >= 11 is 1.63. The predicted octanol–water partition coefficient (Wildman–Crippen LogP) is 2.02. The number of halogens is 3. The van der Waals surface area contributed by atoms with Crippen molar-refractivity contribution in [2.75, 3.05) is 5.73 Å². The normalized spacial score (nSPS) is 10.5. The molecule has 13 heavy (non-hydrogen) atoms. The zero-order chi connectivity index (χ0) is 10.0. The second kappa shape index (κ2) is 3.95. The molecule has 0 saturated heterocycles. The van der Waals surface area contributed by atoms with Crippen LogP contribution in [0, 0.1) is 3.57 Å². The number of carbonyl (C=O) groups is 1. The van der Waals surface area contributed by atoms with Crippen molar-refractivity contribution in [3.63, 3.8) is 0 Å². The van der Waals surface area contributed by atoms with E-state index >= 15 is 0 Å². The van der Waals surface area contributed by atoms with Crippen molar-refractivity contribution in [1.29, 1.82) is 0 Å². The van der Waals surface area contributed by atoms with Gasteiger partial charge < -0.3 is 5.73 Å². The summed E-state index contributed by atoms with van der Waals surface area (Å²) in [5.41, 5.74) is 5.14. The van der Waals surface area contributed by atoms with Gasteiger partial charge in [-0.05, 0) is 22.6 Å². The van der Waals surface area contributed by atoms with Crippen LogP contribution in [0.25, 0.3) is 0 Å². The Labute approximate surface area is 86.5 Å². The quantitative estimate of drug-likeness (QED) is 0.671. The monoisotopic (exact) mass is 298 g/mol. The molecule has 0 aromatic carbocycles. The van der Waals surface area contributed by atoms with Crippen molar-refractivity contribution < 1.29 is 13.6 Å². The molecule has 1 heterocycles. The Kier molecular flexibility index (Phi) is 3.12. The van der Waals surface area contributed by atoms with E-state index < -0.39 is 12.1 Å². The van der Waals surface area contributed by atoms with E-state index in [0.717, 1.165) is 6.20 Å². The average Bonchev–Trinajstić information content (AvgIpc) is 2.04. The predicted molar refractivity (Wildman–Crippen MR) is 51.7 cm³/mol. The van der Waals surface area contributed by atoms with Gasteiger partial charge in [-0.1, -0.05) is 0 Å². The molecular weight excluding hydrogens is 293 g/mol. The Hall–Kier alpha value is -0.790. The van der Waals surface area contributed by atoms with Gasteiger partial charge in [0.25, 0.3) is 6.43 Å². The summed E-state index contributed by atoms with van der Waals surface area (Å²) in [6.07, 6.45) is -1.18. The molecule has 0 aliphatic rings. The molecule has 1 aromatic heterocycles. The van der Waals surface area contributed by atoms with Crippen molar-refractivity contribution in [3.05, 3.63) is 21.0 Å². The van der Waals surface area contributed by atoms with Crippen LogP contribution in [0.15, 0.2) is 6.20 Å². The van der Waals surface area contributed by atoms with Crippen molar-refractivity contribution in [2.45, 2.75) is 6.43 Å². The van der Waals surface area contributed by atoms with Crippen LogP contribution in [0.5, 0.6) is 0 Å². The summed E-state index contributed by atoms with van der Waals surface area (Å²) in [6.45, 7) is 0. The minimum absolute atomic E-state index is 0.0749. The number of rotatable bonds is 2. The third kappa shape index (κ3) is 1.93. The summed E-state index contributed by atoms with van der Waals surface area (Å²) in [5, 5.41) is 0. The van der Waals surface area contributed by atoms with E-state index in [0.29, 0.717) is 6.29 Å². The number of anilines is 1. The number of nitrogens with two attached hydrogens (primary N) is 1. The minimum atomic E-state index is -2.69. The molecule has 0 atom stereocenters. The maximum Gasteiger partial charge on any atom is 0.281 e. The maximum atomic E-state index is 12.3. The van der Waals surface area contributed by atoms with Gasteiger partial charge in [0.2, 0.25) is 0 Å². The second-order valence-corrected chi connectivity index (χ2v) is 3.32. The van der Waals surface area contributed by atoms with Crippen LogP contribution in [0.2, 0.25) is 0 Å². The zero-order valence-corrected chi connectivity index (χ0v) is 8.46. The molecule has 70 valence electrons. The first-order valence-corrected chi connectivity index (χ1v) is 4.33. The topological polar surface area (TPSA) is 56.0 Å². The number of aromatic nitrogens is 1. The first-order valence-electron chi connectivity index (χ1n) is 3.25. The molecule has 0 bridgehead atoms. The van der Waals surface area contributed by atoms with Gasteiger partial charge >= 0.3 is 0 Å². The van der Waals surface area contributed by atoms with E-state index in [9.17, 15) is 13.6 Å². The molecule has 0 saturated carbocycles. The summed E-state index contributed by atoms with van der Waals surface area (Å²) in [7, 11) is 0. The van der Waals surface area contributed by atoms with Crippen LogP contribution in [-0.2, 0) is 0 Å². The Bertz CT molecular complexity index is 344. The smallest absolute Gasteiger partial charge is 0.281 e. The lowest BCUT2D eigenvalue weighted by atomic mass is 10.2. The molecule has 3 nitrogen and oxygen atoms in total. The molecule has 0 aliphatic heterocycles. The molecule has 0 aliphatic carbocycles. The number of hydrogen-bond acceptors (Lipinski definition) is 3. The van der Waals surface area contributed by atoms with E-state index in [1.54, 1.807) is 22.6 Å². The van der Waals surface area contributed by atoms with Gasteiger partial charge in [-0.3, -0.25) is 9.78 Å². The molecule has 6 heteroatoms. The summed E-state index contributed by atoms with van der Waals surface area (Å²) in [5.74, 6) is 0. The Morgan fingerprint density at radius 1 is 1.62 bits per heavy atom. The number of hydrogen-bond donors (Lipinski definition) is 1. The average molecular weight is 298 g/mol.